The minimum Gasteiger partial charge on any atom is -0.480 e. The normalized spacial score (nSPS) is 11.5. The molecule has 0 aliphatic rings. The summed E-state index contributed by atoms with van der Waals surface area (Å²) < 4.78 is 4.90. The summed E-state index contributed by atoms with van der Waals surface area (Å²) in [5, 5.41) is 15.0. The van der Waals surface area contributed by atoms with Gasteiger partial charge < -0.3 is 20.5 Å². The van der Waals surface area contributed by atoms with Crippen LogP contribution in [0.25, 0.3) is 0 Å². The van der Waals surface area contributed by atoms with Crippen molar-refractivity contribution in [3.63, 3.8) is 0 Å². The Morgan fingerprint density at radius 3 is 2.31 bits per heavy atom. The summed E-state index contributed by atoms with van der Waals surface area (Å²) in [4.78, 5) is 39.5. The molecule has 1 amide bonds. The Bertz CT molecular complexity index is 1130. The maximum Gasteiger partial charge on any atom is 0.326 e. The van der Waals surface area contributed by atoms with Gasteiger partial charge in [0.2, 0.25) is 11.2 Å². The standard InChI is InChI=1S/C19H15Cl3N6O4/c1-32-19-27-17(22)26-18(28-19)25-13(16(30)31)6-9-2-4-10(5-3-9)24-15(29)14-11(20)7-23-8-12(14)21/h2-5,7-8,13H,6H2,1H3,(H,24,29)(H,30,31)(H,25,26,27,28). The van der Waals surface area contributed by atoms with Gasteiger partial charge in [0, 0.05) is 24.5 Å². The maximum atomic E-state index is 12.5. The molecule has 0 aliphatic heterocycles. The van der Waals surface area contributed by atoms with Gasteiger partial charge in [-0.25, -0.2) is 4.79 Å². The van der Waals surface area contributed by atoms with Gasteiger partial charge >= 0.3 is 12.0 Å². The first-order valence-corrected chi connectivity index (χ1v) is 10.0. The molecule has 13 heteroatoms. The Hall–Kier alpha value is -3.21. The number of rotatable bonds is 8. The van der Waals surface area contributed by atoms with E-state index in [1.807, 2.05) is 0 Å². The molecule has 1 unspecified atom stereocenters. The number of carboxylic acid groups (broad SMARTS) is 1. The molecule has 0 radical (unpaired) electrons. The fraction of sp³-hybridized carbons (Fsp3) is 0.158. The van der Waals surface area contributed by atoms with Gasteiger partial charge in [-0.1, -0.05) is 35.3 Å². The van der Waals surface area contributed by atoms with Crippen LogP contribution in [0, 0.1) is 0 Å². The quantitative estimate of drug-likeness (QED) is 0.426. The zero-order valence-corrected chi connectivity index (χ0v) is 18.6. The van der Waals surface area contributed by atoms with Crippen LogP contribution in [0.15, 0.2) is 36.7 Å². The summed E-state index contributed by atoms with van der Waals surface area (Å²) in [6, 6.07) is 5.48. The molecule has 0 saturated carbocycles. The molecule has 3 N–H and O–H groups in total. The number of nitrogens with one attached hydrogen (secondary N) is 2. The zero-order chi connectivity index (χ0) is 23.3. The summed E-state index contributed by atoms with van der Waals surface area (Å²) in [5.41, 5.74) is 1.25. The highest BCUT2D eigenvalue weighted by atomic mass is 35.5. The van der Waals surface area contributed by atoms with Crippen LogP contribution in [0.2, 0.25) is 15.3 Å². The monoisotopic (exact) mass is 496 g/mol. The Morgan fingerprint density at radius 2 is 1.72 bits per heavy atom. The molecular formula is C19H15Cl3N6O4. The molecule has 0 saturated heterocycles. The number of benzene rings is 1. The highest BCUT2D eigenvalue weighted by molar-refractivity contribution is 6.40. The first-order chi connectivity index (χ1) is 15.3. The molecule has 0 aliphatic carbocycles. The molecule has 2 heterocycles. The van der Waals surface area contributed by atoms with E-state index in [0.29, 0.717) is 11.3 Å². The molecule has 3 rings (SSSR count). The lowest BCUT2D eigenvalue weighted by molar-refractivity contribution is -0.137. The average Bonchev–Trinajstić information content (AvgIpc) is 2.74. The van der Waals surface area contributed by atoms with Crippen molar-refractivity contribution in [2.75, 3.05) is 17.7 Å². The van der Waals surface area contributed by atoms with Crippen molar-refractivity contribution in [3.05, 3.63) is 63.1 Å². The minimum absolute atomic E-state index is 0.0377. The van der Waals surface area contributed by atoms with E-state index in [2.05, 4.69) is 30.6 Å². The predicted molar refractivity (Wildman–Crippen MR) is 119 cm³/mol. The third-order valence-corrected chi connectivity index (χ3v) is 4.85. The van der Waals surface area contributed by atoms with Crippen molar-refractivity contribution in [3.8, 4) is 6.01 Å². The topological polar surface area (TPSA) is 139 Å². The van der Waals surface area contributed by atoms with Crippen LogP contribution >= 0.6 is 34.8 Å². The fourth-order valence-corrected chi connectivity index (χ4v) is 3.31. The van der Waals surface area contributed by atoms with Crippen molar-refractivity contribution in [1.29, 1.82) is 0 Å². The van der Waals surface area contributed by atoms with E-state index in [1.54, 1.807) is 24.3 Å². The maximum absolute atomic E-state index is 12.5. The number of nitrogens with zero attached hydrogens (tertiary/aromatic N) is 4. The van der Waals surface area contributed by atoms with Crippen molar-refractivity contribution in [2.24, 2.45) is 0 Å². The number of aliphatic carboxylic acids is 1. The number of carbonyl (C=O) groups excluding carboxylic acids is 1. The molecule has 3 aromatic rings. The Morgan fingerprint density at radius 1 is 1.06 bits per heavy atom. The number of halogens is 3. The summed E-state index contributed by atoms with van der Waals surface area (Å²) >= 11 is 17.8. The van der Waals surface area contributed by atoms with E-state index in [0.717, 1.165) is 0 Å². The number of aromatic nitrogens is 4. The molecule has 10 nitrogen and oxygen atoms in total. The SMILES string of the molecule is COc1nc(Cl)nc(NC(Cc2ccc(NC(=O)c3c(Cl)cncc3Cl)cc2)C(=O)O)n1. The summed E-state index contributed by atoms with van der Waals surface area (Å²) in [7, 11) is 1.35. The van der Waals surface area contributed by atoms with Crippen molar-refractivity contribution >= 4 is 58.3 Å². The Kier molecular flexibility index (Phi) is 7.62. The van der Waals surface area contributed by atoms with Crippen LogP contribution in [-0.2, 0) is 11.2 Å². The van der Waals surface area contributed by atoms with Gasteiger partial charge in [-0.2, -0.15) is 15.0 Å². The van der Waals surface area contributed by atoms with Crippen molar-refractivity contribution < 1.29 is 19.4 Å². The van der Waals surface area contributed by atoms with E-state index in [9.17, 15) is 14.7 Å². The molecule has 166 valence electrons. The van der Waals surface area contributed by atoms with Crippen molar-refractivity contribution in [1.82, 2.24) is 19.9 Å². The molecular weight excluding hydrogens is 483 g/mol. The lowest BCUT2D eigenvalue weighted by Crippen LogP contribution is -2.32. The number of hydrogen-bond acceptors (Lipinski definition) is 8. The van der Waals surface area contributed by atoms with Gasteiger partial charge in [0.05, 0.1) is 22.7 Å². The largest absolute Gasteiger partial charge is 0.480 e. The molecule has 0 fully saturated rings. The van der Waals surface area contributed by atoms with Gasteiger partial charge in [0.25, 0.3) is 5.91 Å². The summed E-state index contributed by atoms with van der Waals surface area (Å²) in [6.07, 6.45) is 2.73. The summed E-state index contributed by atoms with van der Waals surface area (Å²) in [5.74, 6) is -1.66. The Balaban J connectivity index is 1.70. The molecule has 1 atom stereocenters. The van der Waals surface area contributed by atoms with E-state index in [1.165, 1.54) is 19.5 Å². The molecule has 32 heavy (non-hydrogen) atoms. The first-order valence-electron chi connectivity index (χ1n) is 8.91. The van der Waals surface area contributed by atoms with Crippen LogP contribution in [0.1, 0.15) is 15.9 Å². The van der Waals surface area contributed by atoms with E-state index >= 15 is 0 Å². The van der Waals surface area contributed by atoms with Gasteiger partial charge in [-0.15, -0.1) is 0 Å². The molecule has 0 bridgehead atoms. The van der Waals surface area contributed by atoms with Gasteiger partial charge in [0.1, 0.15) is 6.04 Å². The lowest BCUT2D eigenvalue weighted by Gasteiger charge is -2.15. The third-order valence-electron chi connectivity index (χ3n) is 4.10. The van der Waals surface area contributed by atoms with Crippen LogP contribution in [0.4, 0.5) is 11.6 Å². The first kappa shape index (κ1) is 23.5. The number of amides is 1. The second-order valence-electron chi connectivity index (χ2n) is 6.28. The Labute approximate surface area is 196 Å². The molecule has 1 aromatic carbocycles. The predicted octanol–water partition coefficient (Wildman–Crippen LogP) is 3.60. The third kappa shape index (κ3) is 5.94. The van der Waals surface area contributed by atoms with Crippen LogP contribution in [0.3, 0.4) is 0 Å². The van der Waals surface area contributed by atoms with E-state index in [-0.39, 0.29) is 39.3 Å². The van der Waals surface area contributed by atoms with Crippen LogP contribution in [-0.4, -0.2) is 50.1 Å². The van der Waals surface area contributed by atoms with Crippen LogP contribution < -0.4 is 15.4 Å². The van der Waals surface area contributed by atoms with Crippen molar-refractivity contribution in [2.45, 2.75) is 12.5 Å². The lowest BCUT2D eigenvalue weighted by atomic mass is 10.1. The highest BCUT2D eigenvalue weighted by Crippen LogP contribution is 2.24. The fourth-order valence-electron chi connectivity index (χ4n) is 2.63. The second kappa shape index (κ2) is 10.4. The molecule has 2 aromatic heterocycles. The van der Waals surface area contributed by atoms with E-state index < -0.39 is 17.9 Å². The number of methoxy groups -OCH3 is 1. The number of anilines is 2. The number of ether oxygens (including phenoxy) is 1. The van der Waals surface area contributed by atoms with Gasteiger partial charge in [0.15, 0.2) is 0 Å². The number of pyridine rings is 1. The molecule has 0 spiro atoms. The van der Waals surface area contributed by atoms with Crippen LogP contribution in [0.5, 0.6) is 6.01 Å². The highest BCUT2D eigenvalue weighted by Gasteiger charge is 2.20. The minimum atomic E-state index is -1.13. The smallest absolute Gasteiger partial charge is 0.326 e. The second-order valence-corrected chi connectivity index (χ2v) is 7.44. The van der Waals surface area contributed by atoms with Gasteiger partial charge in [-0.3, -0.25) is 9.78 Å². The number of carboxylic acids is 1. The number of hydrogen-bond donors (Lipinski definition) is 3. The summed E-state index contributed by atoms with van der Waals surface area (Å²) in [6.45, 7) is 0. The zero-order valence-electron chi connectivity index (χ0n) is 16.3. The van der Waals surface area contributed by atoms with Gasteiger partial charge in [-0.05, 0) is 29.3 Å². The van der Waals surface area contributed by atoms with E-state index in [4.69, 9.17) is 39.5 Å². The average molecular weight is 498 g/mol. The number of carbonyl (C=O) groups is 2.